The zero-order valence-corrected chi connectivity index (χ0v) is 16.1. The van der Waals surface area contributed by atoms with E-state index in [0.717, 1.165) is 11.8 Å². The fourth-order valence-corrected chi connectivity index (χ4v) is 3.01. The van der Waals surface area contributed by atoms with Gasteiger partial charge in [0, 0.05) is 6.54 Å². The lowest BCUT2D eigenvalue weighted by Crippen LogP contribution is -2.40. The van der Waals surface area contributed by atoms with Crippen LogP contribution in [0.2, 0.25) is 0 Å². The van der Waals surface area contributed by atoms with Gasteiger partial charge in [-0.05, 0) is 44.4 Å². The maximum atomic E-state index is 12.0. The average molecular weight is 356 g/mol. The number of carbonyl (C=O) groups excluding carboxylic acids is 1. The van der Waals surface area contributed by atoms with Crippen LogP contribution >= 0.6 is 0 Å². The molecular weight excluding hydrogens is 328 g/mol. The molecule has 6 nitrogen and oxygen atoms in total. The Kier molecular flexibility index (Phi) is 6.66. The number of hydrogen-bond donors (Lipinski definition) is 1. The number of nitrogens with one attached hydrogen (secondary N) is 1. The molecule has 1 aromatic rings. The Morgan fingerprint density at radius 1 is 1.21 bits per heavy atom. The number of hydrogen-bond acceptors (Lipinski definition) is 4. The Labute approximate surface area is 145 Å². The van der Waals surface area contributed by atoms with Gasteiger partial charge in [-0.2, -0.15) is 0 Å². The molecule has 136 valence electrons. The number of benzene rings is 1. The monoisotopic (exact) mass is 356 g/mol. The van der Waals surface area contributed by atoms with Crippen molar-refractivity contribution in [3.8, 4) is 0 Å². The van der Waals surface area contributed by atoms with E-state index in [1.165, 1.54) is 4.31 Å². The third-order valence-corrected chi connectivity index (χ3v) is 4.43. The van der Waals surface area contributed by atoms with E-state index in [0.29, 0.717) is 11.6 Å². The van der Waals surface area contributed by atoms with Crippen LogP contribution < -0.4 is 9.62 Å². The summed E-state index contributed by atoms with van der Waals surface area (Å²) >= 11 is 0. The van der Waals surface area contributed by atoms with Crippen molar-refractivity contribution in [2.24, 2.45) is 0 Å². The summed E-state index contributed by atoms with van der Waals surface area (Å²) in [7, 11) is -3.44. The molecule has 7 heteroatoms. The second-order valence-electron chi connectivity index (χ2n) is 7.01. The minimum Gasteiger partial charge on any atom is -0.444 e. The third kappa shape index (κ3) is 6.78. The van der Waals surface area contributed by atoms with Crippen LogP contribution in [0.3, 0.4) is 0 Å². The van der Waals surface area contributed by atoms with E-state index in [1.54, 1.807) is 32.9 Å². The quantitative estimate of drug-likeness (QED) is 0.850. The maximum absolute atomic E-state index is 12.0. The van der Waals surface area contributed by atoms with Crippen LogP contribution in [-0.2, 0) is 14.8 Å². The molecule has 0 aliphatic rings. The molecule has 0 fully saturated rings. The Balaban J connectivity index is 2.76. The van der Waals surface area contributed by atoms with Crippen molar-refractivity contribution in [2.45, 2.75) is 46.1 Å². The first-order valence-electron chi connectivity index (χ1n) is 7.94. The van der Waals surface area contributed by atoms with E-state index in [1.807, 2.05) is 12.1 Å². The molecule has 0 aromatic heterocycles. The number of sulfonamides is 1. The number of rotatable bonds is 6. The molecule has 0 atom stereocenters. The summed E-state index contributed by atoms with van der Waals surface area (Å²) in [5, 5.41) is 2.57. The lowest BCUT2D eigenvalue weighted by Gasteiger charge is -2.24. The summed E-state index contributed by atoms with van der Waals surface area (Å²) in [5.74, 6) is 0.375. The molecular formula is C17H28N2O4S. The molecule has 1 rings (SSSR count). The first kappa shape index (κ1) is 20.3. The summed E-state index contributed by atoms with van der Waals surface area (Å²) in [6, 6.07) is 7.40. The van der Waals surface area contributed by atoms with Crippen LogP contribution in [0.15, 0.2) is 24.3 Å². The molecule has 0 spiro atoms. The number of nitrogens with zero attached hydrogens (tertiary/aromatic N) is 1. The van der Waals surface area contributed by atoms with Gasteiger partial charge in [-0.25, -0.2) is 13.2 Å². The van der Waals surface area contributed by atoms with Crippen molar-refractivity contribution in [3.63, 3.8) is 0 Å². The largest absolute Gasteiger partial charge is 0.444 e. The Morgan fingerprint density at radius 2 is 1.75 bits per heavy atom. The van der Waals surface area contributed by atoms with Gasteiger partial charge in [-0.3, -0.25) is 4.31 Å². The van der Waals surface area contributed by atoms with Crippen LogP contribution in [0.5, 0.6) is 0 Å². The molecule has 0 unspecified atom stereocenters. The van der Waals surface area contributed by atoms with Crippen molar-refractivity contribution < 1.29 is 17.9 Å². The van der Waals surface area contributed by atoms with Crippen molar-refractivity contribution in [1.82, 2.24) is 5.32 Å². The van der Waals surface area contributed by atoms with Crippen LogP contribution in [0.25, 0.3) is 0 Å². The summed E-state index contributed by atoms with van der Waals surface area (Å²) in [6.45, 7) is 9.76. The molecule has 0 saturated heterocycles. The van der Waals surface area contributed by atoms with E-state index in [-0.39, 0.29) is 13.1 Å². The van der Waals surface area contributed by atoms with E-state index in [2.05, 4.69) is 19.2 Å². The minimum atomic E-state index is -3.44. The van der Waals surface area contributed by atoms with E-state index in [4.69, 9.17) is 4.74 Å². The van der Waals surface area contributed by atoms with Gasteiger partial charge >= 0.3 is 6.09 Å². The predicted octanol–water partition coefficient (Wildman–Crippen LogP) is 3.10. The SMILES string of the molecule is CC(C)c1ccc(N(CCNC(=O)OC(C)(C)C)S(C)(=O)=O)cc1. The fourth-order valence-electron chi connectivity index (χ4n) is 2.09. The fraction of sp³-hybridized carbons (Fsp3) is 0.588. The minimum absolute atomic E-state index is 0.138. The molecule has 1 aromatic carbocycles. The number of ether oxygens (including phenoxy) is 1. The van der Waals surface area contributed by atoms with E-state index >= 15 is 0 Å². The van der Waals surface area contributed by atoms with Gasteiger partial charge in [0.1, 0.15) is 5.60 Å². The summed E-state index contributed by atoms with van der Waals surface area (Å²) in [6.07, 6.45) is 0.586. The first-order valence-corrected chi connectivity index (χ1v) is 9.79. The number of amides is 1. The summed E-state index contributed by atoms with van der Waals surface area (Å²) in [5.41, 5.74) is 1.12. The van der Waals surface area contributed by atoms with Crippen molar-refractivity contribution in [2.75, 3.05) is 23.7 Å². The van der Waals surface area contributed by atoms with Crippen LogP contribution in [0.4, 0.5) is 10.5 Å². The Bertz CT molecular complexity index is 646. The van der Waals surface area contributed by atoms with Gasteiger partial charge < -0.3 is 10.1 Å². The topological polar surface area (TPSA) is 75.7 Å². The highest BCUT2D eigenvalue weighted by Crippen LogP contribution is 2.21. The zero-order valence-electron chi connectivity index (χ0n) is 15.3. The number of alkyl carbamates (subject to hydrolysis) is 1. The van der Waals surface area contributed by atoms with Gasteiger partial charge in [0.2, 0.25) is 10.0 Å². The molecule has 0 heterocycles. The molecule has 1 N–H and O–H groups in total. The van der Waals surface area contributed by atoms with Crippen LogP contribution in [0.1, 0.15) is 46.1 Å². The predicted molar refractivity (Wildman–Crippen MR) is 97.0 cm³/mol. The summed E-state index contributed by atoms with van der Waals surface area (Å²) < 4.78 is 30.5. The first-order chi connectivity index (χ1) is 10.9. The lowest BCUT2D eigenvalue weighted by molar-refractivity contribution is 0.0529. The van der Waals surface area contributed by atoms with Crippen molar-refractivity contribution >= 4 is 21.8 Å². The second-order valence-corrected chi connectivity index (χ2v) is 8.92. The van der Waals surface area contributed by atoms with E-state index < -0.39 is 21.7 Å². The average Bonchev–Trinajstić information content (AvgIpc) is 2.40. The molecule has 0 saturated carbocycles. The smallest absolute Gasteiger partial charge is 0.407 e. The zero-order chi connectivity index (χ0) is 18.5. The summed E-state index contributed by atoms with van der Waals surface area (Å²) in [4.78, 5) is 11.6. The van der Waals surface area contributed by atoms with Gasteiger partial charge in [-0.15, -0.1) is 0 Å². The highest BCUT2D eigenvalue weighted by molar-refractivity contribution is 7.92. The van der Waals surface area contributed by atoms with E-state index in [9.17, 15) is 13.2 Å². The molecule has 24 heavy (non-hydrogen) atoms. The van der Waals surface area contributed by atoms with Crippen molar-refractivity contribution in [3.05, 3.63) is 29.8 Å². The standard InChI is InChI=1S/C17H28N2O4S/c1-13(2)14-7-9-15(10-8-14)19(24(6,21)22)12-11-18-16(20)23-17(3,4)5/h7-10,13H,11-12H2,1-6H3,(H,18,20). The number of anilines is 1. The van der Waals surface area contributed by atoms with Gasteiger partial charge in [0.05, 0.1) is 18.5 Å². The molecule has 1 amide bonds. The van der Waals surface area contributed by atoms with Gasteiger partial charge in [0.15, 0.2) is 0 Å². The molecule has 0 aliphatic carbocycles. The Morgan fingerprint density at radius 3 is 2.17 bits per heavy atom. The van der Waals surface area contributed by atoms with Gasteiger partial charge in [0.25, 0.3) is 0 Å². The van der Waals surface area contributed by atoms with Crippen molar-refractivity contribution in [1.29, 1.82) is 0 Å². The van der Waals surface area contributed by atoms with Crippen LogP contribution in [0, 0.1) is 0 Å². The Hall–Kier alpha value is -1.76. The maximum Gasteiger partial charge on any atom is 0.407 e. The molecule has 0 aliphatic heterocycles. The highest BCUT2D eigenvalue weighted by Gasteiger charge is 2.19. The van der Waals surface area contributed by atoms with Gasteiger partial charge in [-0.1, -0.05) is 26.0 Å². The highest BCUT2D eigenvalue weighted by atomic mass is 32.2. The second kappa shape index (κ2) is 7.88. The lowest BCUT2D eigenvalue weighted by atomic mass is 10.0. The number of carbonyl (C=O) groups is 1. The molecule has 0 radical (unpaired) electrons. The molecule has 0 bridgehead atoms. The normalized spacial score (nSPS) is 12.1. The van der Waals surface area contributed by atoms with Crippen LogP contribution in [-0.4, -0.2) is 39.5 Å². The third-order valence-electron chi connectivity index (χ3n) is 3.23.